The highest BCUT2D eigenvalue weighted by Crippen LogP contribution is 2.73. The molecule has 20 heavy (non-hydrogen) atoms. The fraction of sp³-hybridized carbons (Fsp3) is 0.500. The first kappa shape index (κ1) is 12.6. The molecule has 4 rings (SSSR count). The molecule has 0 N–H and O–H groups in total. The summed E-state index contributed by atoms with van der Waals surface area (Å²) in [5.41, 5.74) is 1.49. The molecule has 1 heterocycles. The first-order valence-electron chi connectivity index (χ1n) is 7.22. The smallest absolute Gasteiger partial charge is 0.207 e. The third-order valence-corrected chi connectivity index (χ3v) is 7.21. The monoisotopic (exact) mass is 289 g/mol. The predicted molar refractivity (Wildman–Crippen MR) is 77.8 cm³/mol. The van der Waals surface area contributed by atoms with E-state index in [9.17, 15) is 8.42 Å². The molecule has 1 aromatic carbocycles. The van der Waals surface area contributed by atoms with Crippen molar-refractivity contribution in [3.05, 3.63) is 42.0 Å². The lowest BCUT2D eigenvalue weighted by Gasteiger charge is -2.20. The Morgan fingerprint density at radius 3 is 2.60 bits per heavy atom. The molecule has 1 saturated carbocycles. The molecule has 0 aromatic heterocycles. The maximum Gasteiger partial charge on any atom is 0.243 e. The fourth-order valence-corrected chi connectivity index (χ4v) is 5.70. The first-order chi connectivity index (χ1) is 9.48. The Labute approximate surface area is 120 Å². The van der Waals surface area contributed by atoms with Gasteiger partial charge in [-0.25, -0.2) is 8.42 Å². The van der Waals surface area contributed by atoms with Crippen LogP contribution >= 0.6 is 0 Å². The topological polar surface area (TPSA) is 37.4 Å². The summed E-state index contributed by atoms with van der Waals surface area (Å²) in [4.78, 5) is 0.429. The normalized spacial score (nSPS) is 35.6. The van der Waals surface area contributed by atoms with Gasteiger partial charge in [0.15, 0.2) is 0 Å². The van der Waals surface area contributed by atoms with Gasteiger partial charge in [0.2, 0.25) is 10.0 Å². The van der Waals surface area contributed by atoms with E-state index in [4.69, 9.17) is 0 Å². The molecule has 0 bridgehead atoms. The lowest BCUT2D eigenvalue weighted by Crippen LogP contribution is -2.32. The molecule has 2 aliphatic carbocycles. The molecule has 0 amide bonds. The summed E-state index contributed by atoms with van der Waals surface area (Å²) in [6.07, 6.45) is 7.93. The van der Waals surface area contributed by atoms with E-state index >= 15 is 0 Å². The molecule has 4 heteroatoms. The summed E-state index contributed by atoms with van der Waals surface area (Å²) in [5.74, 6) is 0. The van der Waals surface area contributed by atoms with Gasteiger partial charge < -0.3 is 0 Å². The number of hydrogen-bond donors (Lipinski definition) is 0. The maximum absolute atomic E-state index is 12.8. The molecule has 1 aliphatic heterocycles. The van der Waals surface area contributed by atoms with E-state index in [-0.39, 0.29) is 10.8 Å². The zero-order chi connectivity index (χ0) is 14.0. The molecule has 3 nitrogen and oxygen atoms in total. The van der Waals surface area contributed by atoms with Crippen molar-refractivity contribution in [3.8, 4) is 0 Å². The molecule has 0 radical (unpaired) electrons. The first-order valence-corrected chi connectivity index (χ1v) is 8.66. The molecule has 2 unspecified atom stereocenters. The Hall–Kier alpha value is -1.13. The Morgan fingerprint density at radius 2 is 1.90 bits per heavy atom. The van der Waals surface area contributed by atoms with Crippen LogP contribution in [0.3, 0.4) is 0 Å². The zero-order valence-electron chi connectivity index (χ0n) is 11.7. The van der Waals surface area contributed by atoms with E-state index in [2.05, 4.69) is 12.2 Å². The van der Waals surface area contributed by atoms with Crippen molar-refractivity contribution in [1.82, 2.24) is 4.31 Å². The number of piperidine rings is 1. The second-order valence-electron chi connectivity index (χ2n) is 6.64. The lowest BCUT2D eigenvalue weighted by molar-refractivity contribution is 0.385. The van der Waals surface area contributed by atoms with Gasteiger partial charge in [-0.3, -0.25) is 0 Å². The van der Waals surface area contributed by atoms with Gasteiger partial charge in [0.25, 0.3) is 0 Å². The Kier molecular flexibility index (Phi) is 2.36. The molecular weight excluding hydrogens is 270 g/mol. The number of hydrogen-bond acceptors (Lipinski definition) is 2. The van der Waals surface area contributed by atoms with Crippen molar-refractivity contribution in [2.24, 2.45) is 10.8 Å². The van der Waals surface area contributed by atoms with Crippen molar-refractivity contribution in [3.63, 3.8) is 0 Å². The minimum atomic E-state index is -3.33. The molecule has 3 aliphatic rings. The van der Waals surface area contributed by atoms with Crippen LogP contribution in [-0.2, 0) is 10.0 Å². The summed E-state index contributed by atoms with van der Waals surface area (Å²) in [6.45, 7) is 3.34. The molecule has 2 fully saturated rings. The van der Waals surface area contributed by atoms with Gasteiger partial charge in [0.1, 0.15) is 0 Å². The number of benzene rings is 1. The van der Waals surface area contributed by atoms with Crippen LogP contribution in [0.25, 0.3) is 0 Å². The molecule has 2 atom stereocenters. The van der Waals surface area contributed by atoms with Crippen LogP contribution < -0.4 is 0 Å². The van der Waals surface area contributed by atoms with Gasteiger partial charge in [-0.1, -0.05) is 29.8 Å². The van der Waals surface area contributed by atoms with E-state index in [0.29, 0.717) is 18.0 Å². The van der Waals surface area contributed by atoms with Gasteiger partial charge >= 0.3 is 0 Å². The standard InChI is InChI=1S/C16H19NO2S/c1-13-4-6-14(7-5-13)20(18,19)17-11-15-8-2-3-9-16(15,10-15)12-17/h2,4-8H,3,9-12H2,1H3. The van der Waals surface area contributed by atoms with Crippen molar-refractivity contribution in [1.29, 1.82) is 0 Å². The summed E-state index contributed by atoms with van der Waals surface area (Å²) in [6, 6.07) is 7.19. The van der Waals surface area contributed by atoms with Crippen LogP contribution in [0.4, 0.5) is 0 Å². The molecule has 0 spiro atoms. The van der Waals surface area contributed by atoms with Crippen LogP contribution in [0.1, 0.15) is 24.8 Å². The van der Waals surface area contributed by atoms with Crippen LogP contribution in [0.5, 0.6) is 0 Å². The predicted octanol–water partition coefficient (Wildman–Crippen LogP) is 2.73. The van der Waals surface area contributed by atoms with E-state index in [1.165, 1.54) is 6.42 Å². The third-order valence-electron chi connectivity index (χ3n) is 5.41. The van der Waals surface area contributed by atoms with Crippen molar-refractivity contribution >= 4 is 10.0 Å². The average molecular weight is 289 g/mol. The second kappa shape index (κ2) is 3.74. The van der Waals surface area contributed by atoms with Crippen molar-refractivity contribution in [2.75, 3.05) is 13.1 Å². The quantitative estimate of drug-likeness (QED) is 0.785. The SMILES string of the molecule is Cc1ccc(S(=O)(=O)N2CC34C=CCCC3(C2)C4)cc1. The minimum Gasteiger partial charge on any atom is -0.207 e. The van der Waals surface area contributed by atoms with E-state index in [1.54, 1.807) is 16.4 Å². The second-order valence-corrected chi connectivity index (χ2v) is 8.58. The van der Waals surface area contributed by atoms with E-state index in [1.807, 2.05) is 19.1 Å². The van der Waals surface area contributed by atoms with Crippen molar-refractivity contribution in [2.45, 2.75) is 31.1 Å². The van der Waals surface area contributed by atoms with Crippen LogP contribution in [0, 0.1) is 17.8 Å². The highest BCUT2D eigenvalue weighted by atomic mass is 32.2. The van der Waals surface area contributed by atoms with Gasteiger partial charge in [-0.15, -0.1) is 0 Å². The van der Waals surface area contributed by atoms with Crippen LogP contribution in [0.15, 0.2) is 41.3 Å². The highest BCUT2D eigenvalue weighted by molar-refractivity contribution is 7.89. The highest BCUT2D eigenvalue weighted by Gasteiger charge is 2.72. The summed E-state index contributed by atoms with van der Waals surface area (Å²) in [7, 11) is -3.33. The Morgan fingerprint density at radius 1 is 1.15 bits per heavy atom. The zero-order valence-corrected chi connectivity index (χ0v) is 12.5. The summed E-state index contributed by atoms with van der Waals surface area (Å²) in [5, 5.41) is 0. The van der Waals surface area contributed by atoms with E-state index in [0.717, 1.165) is 18.4 Å². The number of allylic oxidation sites excluding steroid dienone is 1. The third kappa shape index (κ3) is 1.52. The number of aryl methyl sites for hydroxylation is 1. The van der Waals surface area contributed by atoms with E-state index < -0.39 is 10.0 Å². The van der Waals surface area contributed by atoms with Gasteiger partial charge in [-0.05, 0) is 43.7 Å². The fourth-order valence-electron chi connectivity index (χ4n) is 4.11. The van der Waals surface area contributed by atoms with Gasteiger partial charge in [-0.2, -0.15) is 4.31 Å². The minimum absolute atomic E-state index is 0.156. The van der Waals surface area contributed by atoms with Crippen LogP contribution in [0.2, 0.25) is 0 Å². The van der Waals surface area contributed by atoms with Gasteiger partial charge in [0, 0.05) is 18.5 Å². The van der Waals surface area contributed by atoms with Crippen LogP contribution in [-0.4, -0.2) is 25.8 Å². The number of sulfonamides is 1. The number of nitrogens with zero attached hydrogens (tertiary/aromatic N) is 1. The van der Waals surface area contributed by atoms with Crippen molar-refractivity contribution < 1.29 is 8.42 Å². The number of rotatable bonds is 2. The largest absolute Gasteiger partial charge is 0.243 e. The van der Waals surface area contributed by atoms with Gasteiger partial charge in [0.05, 0.1) is 4.90 Å². The Balaban J connectivity index is 1.66. The molecule has 1 saturated heterocycles. The lowest BCUT2D eigenvalue weighted by atomic mass is 9.87. The molecule has 106 valence electrons. The Bertz CT molecular complexity index is 688. The maximum atomic E-state index is 12.8. The summed E-state index contributed by atoms with van der Waals surface area (Å²) < 4.78 is 27.2. The molecular formula is C16H19NO2S. The molecule has 1 aromatic rings. The average Bonchev–Trinajstić information content (AvgIpc) is 2.95. The summed E-state index contributed by atoms with van der Waals surface area (Å²) >= 11 is 0.